The first-order valence-electron chi connectivity index (χ1n) is 11.2. The SMILES string of the molecule is C/C=C/C1CCC2CC(c3ccc(C(=O)Oc4ccc(C#N)cc4)cc3F)CCC2C1. The lowest BCUT2D eigenvalue weighted by atomic mass is 9.64. The maximum absolute atomic E-state index is 15.0. The zero-order chi connectivity index (χ0) is 21.8. The summed E-state index contributed by atoms with van der Waals surface area (Å²) in [5.74, 6) is 1.79. The highest BCUT2D eigenvalue weighted by atomic mass is 19.1. The smallest absolute Gasteiger partial charge is 0.343 e. The van der Waals surface area contributed by atoms with Crippen molar-refractivity contribution in [2.24, 2.45) is 17.8 Å². The first kappa shape index (κ1) is 21.3. The molecule has 2 fully saturated rings. The highest BCUT2D eigenvalue weighted by Gasteiger charge is 2.36. The fourth-order valence-corrected chi connectivity index (χ4v) is 5.40. The third-order valence-electron chi connectivity index (χ3n) is 6.99. The molecule has 2 saturated carbocycles. The highest BCUT2D eigenvalue weighted by Crippen LogP contribution is 2.48. The molecular weight excluding hydrogens is 389 g/mol. The number of nitrogens with zero attached hydrogens (tertiary/aromatic N) is 1. The van der Waals surface area contributed by atoms with E-state index in [0.29, 0.717) is 23.1 Å². The van der Waals surface area contributed by atoms with Crippen LogP contribution in [0.1, 0.15) is 72.9 Å². The van der Waals surface area contributed by atoms with E-state index in [1.165, 1.54) is 25.3 Å². The van der Waals surface area contributed by atoms with Gasteiger partial charge in [0.2, 0.25) is 0 Å². The Hall–Kier alpha value is -2.93. The molecule has 2 aliphatic carbocycles. The molecule has 0 radical (unpaired) electrons. The molecule has 4 atom stereocenters. The van der Waals surface area contributed by atoms with Gasteiger partial charge in [0.05, 0.1) is 17.2 Å². The van der Waals surface area contributed by atoms with E-state index >= 15 is 0 Å². The van der Waals surface area contributed by atoms with Crippen LogP contribution in [0.3, 0.4) is 0 Å². The van der Waals surface area contributed by atoms with Crippen LogP contribution in [0.15, 0.2) is 54.6 Å². The number of nitriles is 1. The number of fused-ring (bicyclic) bond motifs is 1. The molecular formula is C27H28FNO2. The molecule has 4 unspecified atom stereocenters. The van der Waals surface area contributed by atoms with Gasteiger partial charge in [-0.2, -0.15) is 5.26 Å². The van der Waals surface area contributed by atoms with E-state index in [2.05, 4.69) is 19.1 Å². The fraction of sp³-hybridized carbons (Fsp3) is 0.407. The van der Waals surface area contributed by atoms with Gasteiger partial charge in [0.25, 0.3) is 0 Å². The molecule has 0 bridgehead atoms. The average Bonchev–Trinajstić information content (AvgIpc) is 2.79. The molecule has 4 heteroatoms. The first-order valence-corrected chi connectivity index (χ1v) is 11.2. The molecule has 2 aliphatic rings. The third kappa shape index (κ3) is 4.88. The summed E-state index contributed by atoms with van der Waals surface area (Å²) in [4.78, 5) is 12.4. The number of allylic oxidation sites excluding steroid dienone is 2. The standard InChI is InChI=1S/C27H28FNO2/c1-2-3-18-4-7-21-15-22(9-8-20(21)14-18)25-13-10-23(16-26(25)28)27(30)31-24-11-5-19(17-29)6-12-24/h2-3,5-6,10-13,16,18,20-22H,4,7-9,14-15H2,1H3/b3-2+. The Morgan fingerprint density at radius 3 is 2.52 bits per heavy atom. The van der Waals surface area contributed by atoms with E-state index in [1.807, 2.05) is 6.07 Å². The van der Waals surface area contributed by atoms with Crippen LogP contribution < -0.4 is 4.74 Å². The Kier molecular flexibility index (Phi) is 6.51. The van der Waals surface area contributed by atoms with Crippen LogP contribution in [0.25, 0.3) is 0 Å². The number of benzene rings is 2. The second-order valence-corrected chi connectivity index (χ2v) is 8.89. The first-order chi connectivity index (χ1) is 15.1. The molecule has 0 aliphatic heterocycles. The molecule has 3 nitrogen and oxygen atoms in total. The Balaban J connectivity index is 1.41. The van der Waals surface area contributed by atoms with E-state index in [0.717, 1.165) is 30.7 Å². The van der Waals surface area contributed by atoms with Crippen molar-refractivity contribution in [2.75, 3.05) is 0 Å². The van der Waals surface area contributed by atoms with Crippen LogP contribution in [0.5, 0.6) is 5.75 Å². The molecule has 2 aromatic carbocycles. The summed E-state index contributed by atoms with van der Waals surface area (Å²) in [5, 5.41) is 8.85. The summed E-state index contributed by atoms with van der Waals surface area (Å²) in [6.45, 7) is 2.09. The molecule has 0 heterocycles. The van der Waals surface area contributed by atoms with E-state index < -0.39 is 5.97 Å². The van der Waals surface area contributed by atoms with Crippen molar-refractivity contribution in [1.82, 2.24) is 0 Å². The average molecular weight is 418 g/mol. The van der Waals surface area contributed by atoms with Crippen molar-refractivity contribution in [3.63, 3.8) is 0 Å². The van der Waals surface area contributed by atoms with Crippen molar-refractivity contribution in [1.29, 1.82) is 5.26 Å². The van der Waals surface area contributed by atoms with Crippen LogP contribution in [0, 0.1) is 34.9 Å². The van der Waals surface area contributed by atoms with Crippen LogP contribution in [-0.4, -0.2) is 5.97 Å². The number of halogens is 1. The van der Waals surface area contributed by atoms with Gasteiger partial charge in [-0.05, 0) is 111 Å². The van der Waals surface area contributed by atoms with Gasteiger partial charge >= 0.3 is 5.97 Å². The monoisotopic (exact) mass is 417 g/mol. The predicted octanol–water partition coefficient (Wildman–Crippen LogP) is 6.79. The second kappa shape index (κ2) is 9.47. The zero-order valence-electron chi connectivity index (χ0n) is 17.9. The number of ether oxygens (including phenoxy) is 1. The predicted molar refractivity (Wildman–Crippen MR) is 118 cm³/mol. The highest BCUT2D eigenvalue weighted by molar-refractivity contribution is 5.91. The Labute approximate surface area is 183 Å². The van der Waals surface area contributed by atoms with Crippen molar-refractivity contribution in [3.8, 4) is 11.8 Å². The summed E-state index contributed by atoms with van der Waals surface area (Å²) in [5.41, 5.74) is 1.41. The lowest BCUT2D eigenvalue weighted by molar-refractivity contribution is 0.0734. The number of carbonyl (C=O) groups is 1. The number of esters is 1. The van der Waals surface area contributed by atoms with Gasteiger partial charge in [-0.25, -0.2) is 9.18 Å². The van der Waals surface area contributed by atoms with Gasteiger partial charge in [0, 0.05) is 0 Å². The minimum Gasteiger partial charge on any atom is -0.423 e. The molecule has 0 amide bonds. The topological polar surface area (TPSA) is 50.1 Å². The van der Waals surface area contributed by atoms with E-state index in [1.54, 1.807) is 36.4 Å². The van der Waals surface area contributed by atoms with Gasteiger partial charge in [0.15, 0.2) is 0 Å². The number of carbonyl (C=O) groups excluding carboxylic acids is 1. The zero-order valence-corrected chi connectivity index (χ0v) is 17.9. The number of hydrogen-bond acceptors (Lipinski definition) is 3. The molecule has 4 rings (SSSR count). The molecule has 160 valence electrons. The summed E-state index contributed by atoms with van der Waals surface area (Å²) in [7, 11) is 0. The van der Waals surface area contributed by atoms with Crippen LogP contribution >= 0.6 is 0 Å². The molecule has 0 spiro atoms. The molecule has 0 aromatic heterocycles. The largest absolute Gasteiger partial charge is 0.423 e. The fourth-order valence-electron chi connectivity index (χ4n) is 5.40. The minimum atomic E-state index is -0.596. The summed E-state index contributed by atoms with van der Waals surface area (Å²) in [6.07, 6.45) is 11.5. The van der Waals surface area contributed by atoms with Crippen LogP contribution in [-0.2, 0) is 0 Å². The Bertz CT molecular complexity index is 1000. The Morgan fingerprint density at radius 1 is 1.06 bits per heavy atom. The Morgan fingerprint density at radius 2 is 1.81 bits per heavy atom. The molecule has 0 saturated heterocycles. The van der Waals surface area contributed by atoms with Crippen molar-refractivity contribution in [3.05, 3.63) is 77.1 Å². The van der Waals surface area contributed by atoms with Crippen molar-refractivity contribution in [2.45, 2.75) is 51.4 Å². The van der Waals surface area contributed by atoms with Gasteiger partial charge in [-0.1, -0.05) is 18.2 Å². The van der Waals surface area contributed by atoms with Gasteiger partial charge in [0.1, 0.15) is 11.6 Å². The van der Waals surface area contributed by atoms with Crippen LogP contribution in [0.4, 0.5) is 4.39 Å². The normalized spacial score (nSPS) is 25.6. The number of rotatable bonds is 4. The maximum Gasteiger partial charge on any atom is 0.343 e. The maximum atomic E-state index is 15.0. The van der Waals surface area contributed by atoms with E-state index in [4.69, 9.17) is 10.00 Å². The van der Waals surface area contributed by atoms with Gasteiger partial charge < -0.3 is 4.74 Å². The molecule has 2 aromatic rings. The summed E-state index contributed by atoms with van der Waals surface area (Å²) in [6, 6.07) is 13.0. The molecule has 0 N–H and O–H groups in total. The third-order valence-corrected chi connectivity index (χ3v) is 6.99. The van der Waals surface area contributed by atoms with E-state index in [-0.39, 0.29) is 17.3 Å². The van der Waals surface area contributed by atoms with Crippen LogP contribution in [0.2, 0.25) is 0 Å². The summed E-state index contributed by atoms with van der Waals surface area (Å²) < 4.78 is 20.3. The summed E-state index contributed by atoms with van der Waals surface area (Å²) >= 11 is 0. The van der Waals surface area contributed by atoms with E-state index in [9.17, 15) is 9.18 Å². The van der Waals surface area contributed by atoms with Gasteiger partial charge in [-0.15, -0.1) is 0 Å². The molecule has 31 heavy (non-hydrogen) atoms. The van der Waals surface area contributed by atoms with Crippen molar-refractivity contribution < 1.29 is 13.9 Å². The van der Waals surface area contributed by atoms with Gasteiger partial charge in [-0.3, -0.25) is 0 Å². The van der Waals surface area contributed by atoms with Crippen molar-refractivity contribution >= 4 is 5.97 Å². The lowest BCUT2D eigenvalue weighted by Crippen LogP contribution is -2.30. The lowest BCUT2D eigenvalue weighted by Gasteiger charge is -2.41. The quantitative estimate of drug-likeness (QED) is 0.312. The number of hydrogen-bond donors (Lipinski definition) is 0. The minimum absolute atomic E-state index is 0.200. The second-order valence-electron chi connectivity index (χ2n) is 8.89.